The molecule has 4 aliphatic carbocycles. The molecule has 0 radical (unpaired) electrons. The third kappa shape index (κ3) is 3.30. The Bertz CT molecular complexity index is 915. The molecule has 34 heavy (non-hydrogen) atoms. The third-order valence-electron chi connectivity index (χ3n) is 10.7. The van der Waals surface area contributed by atoms with Gasteiger partial charge in [-0.3, -0.25) is 4.99 Å². The van der Waals surface area contributed by atoms with Gasteiger partial charge in [-0.05, 0) is 88.5 Å². The lowest BCUT2D eigenvalue weighted by Gasteiger charge is -2.65. The molecule has 4 saturated carbocycles. The number of fused-ring (bicyclic) bond motifs is 5. The standard InChI is InChI=1S/C27H41NO6/c1-23(2,16-29)28-15-25-9-4-18(30)13-26(25,32)10-6-21-20(25)5-8-24(3)19(7-11-27(21,24)33)17-12-22(31)34-14-17/h12,15,18-21,29-30,32-33H,4-11,13-14,16H2,1-3H3. The quantitative estimate of drug-likeness (QED) is 0.366. The maximum atomic E-state index is 12.4. The zero-order valence-electron chi connectivity index (χ0n) is 20.8. The van der Waals surface area contributed by atoms with Gasteiger partial charge in [-0.25, -0.2) is 4.79 Å². The summed E-state index contributed by atoms with van der Waals surface area (Å²) >= 11 is 0. The summed E-state index contributed by atoms with van der Waals surface area (Å²) < 4.78 is 5.22. The van der Waals surface area contributed by atoms with Crippen molar-refractivity contribution in [1.29, 1.82) is 0 Å². The number of carbonyl (C=O) groups excluding carboxylic acids is 1. The van der Waals surface area contributed by atoms with Crippen LogP contribution in [0.3, 0.4) is 0 Å². The van der Waals surface area contributed by atoms with Crippen molar-refractivity contribution in [2.45, 2.75) is 101 Å². The van der Waals surface area contributed by atoms with Crippen molar-refractivity contribution in [2.75, 3.05) is 13.2 Å². The largest absolute Gasteiger partial charge is 0.458 e. The summed E-state index contributed by atoms with van der Waals surface area (Å²) in [7, 11) is 0. The van der Waals surface area contributed by atoms with E-state index >= 15 is 0 Å². The van der Waals surface area contributed by atoms with Gasteiger partial charge in [0.2, 0.25) is 0 Å². The Labute approximate surface area is 202 Å². The van der Waals surface area contributed by atoms with Crippen molar-refractivity contribution in [2.24, 2.45) is 33.6 Å². The highest BCUT2D eigenvalue weighted by molar-refractivity contribution is 5.85. The SMILES string of the molecule is CC(C)(CO)N=CC12CCC(O)CC1(O)CCC1C2CCC2(C)C(C3=CC(=O)OC3)CCC12O. The second kappa shape index (κ2) is 7.86. The fourth-order valence-corrected chi connectivity index (χ4v) is 8.69. The lowest BCUT2D eigenvalue weighted by atomic mass is 9.41. The Morgan fingerprint density at radius 1 is 1.12 bits per heavy atom. The summed E-state index contributed by atoms with van der Waals surface area (Å²) in [6.07, 6.45) is 8.95. The number of hydrogen-bond donors (Lipinski definition) is 4. The van der Waals surface area contributed by atoms with Crippen molar-refractivity contribution < 1.29 is 30.0 Å². The molecule has 5 aliphatic rings. The monoisotopic (exact) mass is 475 g/mol. The summed E-state index contributed by atoms with van der Waals surface area (Å²) in [6, 6.07) is 0. The maximum Gasteiger partial charge on any atom is 0.331 e. The number of nitrogens with zero attached hydrogens (tertiary/aromatic N) is 1. The highest BCUT2D eigenvalue weighted by Gasteiger charge is 2.71. The van der Waals surface area contributed by atoms with Gasteiger partial charge in [-0.2, -0.15) is 0 Å². The molecule has 0 aromatic carbocycles. The van der Waals surface area contributed by atoms with Crippen molar-refractivity contribution >= 4 is 12.2 Å². The van der Waals surface area contributed by atoms with Crippen LogP contribution >= 0.6 is 0 Å². The van der Waals surface area contributed by atoms with E-state index in [1.165, 1.54) is 0 Å². The van der Waals surface area contributed by atoms with Crippen LogP contribution in [0.15, 0.2) is 16.6 Å². The predicted octanol–water partition coefficient (Wildman–Crippen LogP) is 2.54. The van der Waals surface area contributed by atoms with E-state index in [1.54, 1.807) is 6.08 Å². The molecular weight excluding hydrogens is 434 g/mol. The van der Waals surface area contributed by atoms with Crippen molar-refractivity contribution in [3.05, 3.63) is 11.6 Å². The number of ether oxygens (including phenoxy) is 1. The molecule has 1 aliphatic heterocycles. The van der Waals surface area contributed by atoms with Gasteiger partial charge in [-0.15, -0.1) is 0 Å². The molecule has 4 N–H and O–H groups in total. The van der Waals surface area contributed by atoms with E-state index in [-0.39, 0.29) is 35.7 Å². The molecule has 5 rings (SSSR count). The molecule has 0 spiro atoms. The second-order valence-electron chi connectivity index (χ2n) is 12.7. The van der Waals surface area contributed by atoms with Crippen molar-refractivity contribution in [1.82, 2.24) is 0 Å². The number of aliphatic hydroxyl groups is 4. The maximum absolute atomic E-state index is 12.4. The third-order valence-corrected chi connectivity index (χ3v) is 10.7. The minimum atomic E-state index is -1.07. The van der Waals surface area contributed by atoms with Crippen LogP contribution in [-0.2, 0) is 9.53 Å². The van der Waals surface area contributed by atoms with E-state index in [4.69, 9.17) is 9.73 Å². The molecule has 0 aromatic heterocycles. The summed E-state index contributed by atoms with van der Waals surface area (Å²) in [5, 5.41) is 44.7. The van der Waals surface area contributed by atoms with Gasteiger partial charge in [0.1, 0.15) is 6.61 Å². The lowest BCUT2D eigenvalue weighted by Crippen LogP contribution is -2.69. The highest BCUT2D eigenvalue weighted by atomic mass is 16.5. The van der Waals surface area contributed by atoms with Crippen LogP contribution < -0.4 is 0 Å². The summed E-state index contributed by atoms with van der Waals surface area (Å²) in [5.74, 6) is -0.108. The van der Waals surface area contributed by atoms with Gasteiger partial charge in [0.05, 0.1) is 29.5 Å². The molecule has 8 unspecified atom stereocenters. The van der Waals surface area contributed by atoms with Gasteiger partial charge < -0.3 is 25.2 Å². The molecular formula is C27H41NO6. The summed E-state index contributed by atoms with van der Waals surface area (Å²) in [6.45, 7) is 6.18. The summed E-state index contributed by atoms with van der Waals surface area (Å²) in [4.78, 5) is 16.6. The van der Waals surface area contributed by atoms with Crippen LogP contribution in [0.5, 0.6) is 0 Å². The fraction of sp³-hybridized carbons (Fsp3) is 0.852. The van der Waals surface area contributed by atoms with Gasteiger partial charge in [0, 0.05) is 29.5 Å². The Hall–Kier alpha value is -1.28. The van der Waals surface area contributed by atoms with Gasteiger partial charge in [0.15, 0.2) is 0 Å². The zero-order valence-corrected chi connectivity index (χ0v) is 20.8. The van der Waals surface area contributed by atoms with E-state index < -0.39 is 28.3 Å². The fourth-order valence-electron chi connectivity index (χ4n) is 8.69. The number of esters is 1. The molecule has 0 amide bonds. The number of rotatable bonds is 4. The molecule has 7 heteroatoms. The molecule has 0 aromatic rings. The minimum absolute atomic E-state index is 0.00841. The zero-order chi connectivity index (χ0) is 24.6. The Morgan fingerprint density at radius 2 is 1.85 bits per heavy atom. The first kappa shape index (κ1) is 24.4. The van der Waals surface area contributed by atoms with E-state index in [1.807, 2.05) is 20.1 Å². The molecule has 190 valence electrons. The average Bonchev–Trinajstić information content (AvgIpc) is 3.32. The molecule has 0 bridgehead atoms. The normalized spacial score (nSPS) is 48.8. The summed E-state index contributed by atoms with van der Waals surface area (Å²) in [5.41, 5.74) is -2.59. The Kier molecular flexibility index (Phi) is 5.64. The number of carbonyl (C=O) groups is 1. The van der Waals surface area contributed by atoms with Crippen LogP contribution in [0, 0.1) is 28.6 Å². The van der Waals surface area contributed by atoms with Crippen LogP contribution in [0.2, 0.25) is 0 Å². The average molecular weight is 476 g/mol. The Morgan fingerprint density at radius 3 is 2.53 bits per heavy atom. The smallest absolute Gasteiger partial charge is 0.331 e. The van der Waals surface area contributed by atoms with E-state index in [9.17, 15) is 25.2 Å². The van der Waals surface area contributed by atoms with Crippen LogP contribution in [0.25, 0.3) is 0 Å². The van der Waals surface area contributed by atoms with E-state index in [2.05, 4.69) is 6.92 Å². The minimum Gasteiger partial charge on any atom is -0.458 e. The second-order valence-corrected chi connectivity index (χ2v) is 12.7. The Balaban J connectivity index is 1.54. The van der Waals surface area contributed by atoms with E-state index in [0.717, 1.165) is 24.8 Å². The molecule has 4 fully saturated rings. The van der Waals surface area contributed by atoms with Crippen LogP contribution in [0.4, 0.5) is 0 Å². The first-order valence-electron chi connectivity index (χ1n) is 13.1. The number of aliphatic hydroxyl groups excluding tert-OH is 2. The number of aliphatic imine (C=N–C) groups is 1. The molecule has 7 nitrogen and oxygen atoms in total. The van der Waals surface area contributed by atoms with Crippen molar-refractivity contribution in [3.63, 3.8) is 0 Å². The van der Waals surface area contributed by atoms with Gasteiger partial charge >= 0.3 is 5.97 Å². The number of cyclic esters (lactones) is 1. The first-order valence-corrected chi connectivity index (χ1v) is 13.1. The van der Waals surface area contributed by atoms with Gasteiger partial charge in [0.25, 0.3) is 0 Å². The molecule has 8 atom stereocenters. The first-order chi connectivity index (χ1) is 15.9. The topological polar surface area (TPSA) is 120 Å². The molecule has 1 heterocycles. The van der Waals surface area contributed by atoms with Crippen molar-refractivity contribution in [3.8, 4) is 0 Å². The molecule has 0 saturated heterocycles. The lowest BCUT2D eigenvalue weighted by molar-refractivity contribution is -0.237. The van der Waals surface area contributed by atoms with Crippen LogP contribution in [-0.4, -0.2) is 68.7 Å². The van der Waals surface area contributed by atoms with E-state index in [0.29, 0.717) is 45.1 Å². The van der Waals surface area contributed by atoms with Gasteiger partial charge in [-0.1, -0.05) is 6.92 Å². The number of hydrogen-bond acceptors (Lipinski definition) is 7. The van der Waals surface area contributed by atoms with Crippen LogP contribution in [0.1, 0.15) is 78.6 Å². The highest BCUT2D eigenvalue weighted by Crippen LogP contribution is 2.70. The predicted molar refractivity (Wildman–Crippen MR) is 127 cm³/mol.